The summed E-state index contributed by atoms with van der Waals surface area (Å²) in [6.07, 6.45) is 1.85. The van der Waals surface area contributed by atoms with Crippen LogP contribution in [0.3, 0.4) is 0 Å². The molecule has 0 saturated heterocycles. The summed E-state index contributed by atoms with van der Waals surface area (Å²) in [4.78, 5) is 4.53. The van der Waals surface area contributed by atoms with Crippen molar-refractivity contribution < 1.29 is 9.84 Å². The molecule has 0 radical (unpaired) electrons. The third-order valence-electron chi connectivity index (χ3n) is 3.63. The lowest BCUT2D eigenvalue weighted by molar-refractivity contribution is 0.133. The quantitative estimate of drug-likeness (QED) is 0.917. The number of aryl methyl sites for hydroxylation is 3. The van der Waals surface area contributed by atoms with Crippen LogP contribution in [-0.2, 0) is 30.8 Å². The van der Waals surface area contributed by atoms with Crippen molar-refractivity contribution in [2.75, 3.05) is 0 Å². The molecule has 0 saturated carbocycles. The average Bonchev–Trinajstić information content (AvgIpc) is 2.92. The zero-order valence-corrected chi connectivity index (χ0v) is 11.0. The summed E-state index contributed by atoms with van der Waals surface area (Å²) < 4.78 is 5.44. The van der Waals surface area contributed by atoms with Gasteiger partial charge in [-0.1, -0.05) is 30.3 Å². The Kier molecular flexibility index (Phi) is 3.22. The molecule has 3 nitrogen and oxygen atoms in total. The van der Waals surface area contributed by atoms with E-state index in [2.05, 4.69) is 29.2 Å². The molecule has 0 fully saturated rings. The van der Waals surface area contributed by atoms with Crippen LogP contribution in [0, 0.1) is 6.92 Å². The molecule has 2 aromatic rings. The molecule has 1 N–H and O–H groups in total. The number of ether oxygens (including phenoxy) is 1. The van der Waals surface area contributed by atoms with E-state index in [1.165, 1.54) is 5.56 Å². The highest BCUT2D eigenvalue weighted by Gasteiger charge is 2.22. The minimum atomic E-state index is 0.302. The first-order chi connectivity index (χ1) is 9.25. The first-order valence-corrected chi connectivity index (χ1v) is 6.57. The summed E-state index contributed by atoms with van der Waals surface area (Å²) in [6.45, 7) is 2.92. The van der Waals surface area contributed by atoms with E-state index in [0.29, 0.717) is 24.7 Å². The predicted octanol–water partition coefficient (Wildman–Crippen LogP) is 2.91. The maximum atomic E-state index is 9.99. The Labute approximate surface area is 112 Å². The van der Waals surface area contributed by atoms with Crippen LogP contribution < -0.4 is 0 Å². The van der Waals surface area contributed by atoms with Crippen LogP contribution in [-0.4, -0.2) is 10.1 Å². The summed E-state index contributed by atoms with van der Waals surface area (Å²) in [5.41, 5.74) is 5.08. The zero-order valence-electron chi connectivity index (χ0n) is 11.0. The van der Waals surface area contributed by atoms with Gasteiger partial charge in [-0.25, -0.2) is 0 Å². The maximum absolute atomic E-state index is 9.99. The largest absolute Gasteiger partial charge is 0.506 e. The van der Waals surface area contributed by atoms with Crippen molar-refractivity contribution >= 4 is 0 Å². The van der Waals surface area contributed by atoms with Crippen molar-refractivity contribution in [3.63, 3.8) is 0 Å². The van der Waals surface area contributed by atoms with Crippen LogP contribution >= 0.6 is 0 Å². The number of hydrogen-bond donors (Lipinski definition) is 1. The van der Waals surface area contributed by atoms with Gasteiger partial charge in [0.1, 0.15) is 5.75 Å². The van der Waals surface area contributed by atoms with Crippen molar-refractivity contribution in [3.8, 4) is 5.75 Å². The van der Waals surface area contributed by atoms with E-state index in [0.717, 1.165) is 29.7 Å². The molecule has 3 rings (SSSR count). The third-order valence-corrected chi connectivity index (χ3v) is 3.63. The first-order valence-electron chi connectivity index (χ1n) is 6.57. The molecule has 19 heavy (non-hydrogen) atoms. The number of pyridine rings is 1. The fraction of sp³-hybridized carbons (Fsp3) is 0.312. The molecule has 1 aliphatic rings. The number of nitrogens with zero attached hydrogens (tertiary/aromatic N) is 1. The van der Waals surface area contributed by atoms with Crippen LogP contribution in [0.25, 0.3) is 0 Å². The number of benzene rings is 1. The van der Waals surface area contributed by atoms with Gasteiger partial charge in [0, 0.05) is 16.8 Å². The summed E-state index contributed by atoms with van der Waals surface area (Å²) in [7, 11) is 0. The van der Waals surface area contributed by atoms with Crippen molar-refractivity contribution in [3.05, 3.63) is 58.4 Å². The van der Waals surface area contributed by atoms with Gasteiger partial charge in [-0.3, -0.25) is 4.98 Å². The fourth-order valence-electron chi connectivity index (χ4n) is 2.55. The average molecular weight is 255 g/mol. The normalized spacial score (nSPS) is 13.5. The monoisotopic (exact) mass is 255 g/mol. The Morgan fingerprint density at radius 1 is 1.11 bits per heavy atom. The van der Waals surface area contributed by atoms with Crippen LogP contribution in [0.1, 0.15) is 28.1 Å². The molecule has 0 atom stereocenters. The Balaban J connectivity index is 1.86. The lowest BCUT2D eigenvalue weighted by Gasteiger charge is -2.10. The molecular formula is C16H17NO2. The van der Waals surface area contributed by atoms with Crippen LogP contribution in [0.2, 0.25) is 0 Å². The van der Waals surface area contributed by atoms with Crippen molar-refractivity contribution in [1.29, 1.82) is 0 Å². The SMILES string of the molecule is Cc1nc(CCc2ccccc2)c2c(c1O)COC2. The predicted molar refractivity (Wildman–Crippen MR) is 73.0 cm³/mol. The highest BCUT2D eigenvalue weighted by Crippen LogP contribution is 2.32. The van der Waals surface area contributed by atoms with E-state index in [9.17, 15) is 5.11 Å². The second-order valence-corrected chi connectivity index (χ2v) is 4.93. The summed E-state index contributed by atoms with van der Waals surface area (Å²) in [5.74, 6) is 0.302. The van der Waals surface area contributed by atoms with Gasteiger partial charge in [-0.2, -0.15) is 0 Å². The van der Waals surface area contributed by atoms with Gasteiger partial charge in [-0.05, 0) is 25.3 Å². The minimum absolute atomic E-state index is 0.302. The van der Waals surface area contributed by atoms with E-state index in [4.69, 9.17) is 4.74 Å². The van der Waals surface area contributed by atoms with Crippen LogP contribution in [0.5, 0.6) is 5.75 Å². The third kappa shape index (κ3) is 2.34. The van der Waals surface area contributed by atoms with Crippen LogP contribution in [0.15, 0.2) is 30.3 Å². The fourth-order valence-corrected chi connectivity index (χ4v) is 2.55. The Bertz CT molecular complexity index is 593. The van der Waals surface area contributed by atoms with Gasteiger partial charge in [0.15, 0.2) is 0 Å². The molecule has 1 aromatic carbocycles. The topological polar surface area (TPSA) is 42.4 Å². The zero-order chi connectivity index (χ0) is 13.2. The van der Waals surface area contributed by atoms with Gasteiger partial charge >= 0.3 is 0 Å². The molecule has 0 amide bonds. The number of aromatic nitrogens is 1. The molecular weight excluding hydrogens is 238 g/mol. The highest BCUT2D eigenvalue weighted by molar-refractivity contribution is 5.45. The van der Waals surface area contributed by atoms with Gasteiger partial charge in [0.05, 0.1) is 18.9 Å². The lowest BCUT2D eigenvalue weighted by Crippen LogP contribution is -2.03. The number of fused-ring (bicyclic) bond motifs is 1. The molecule has 0 bridgehead atoms. The van der Waals surface area contributed by atoms with Gasteiger partial charge in [0.25, 0.3) is 0 Å². The Morgan fingerprint density at radius 3 is 2.63 bits per heavy atom. The number of aromatic hydroxyl groups is 1. The van der Waals surface area contributed by atoms with Crippen molar-refractivity contribution in [2.45, 2.75) is 33.0 Å². The van der Waals surface area contributed by atoms with Crippen molar-refractivity contribution in [2.24, 2.45) is 0 Å². The summed E-state index contributed by atoms with van der Waals surface area (Å²) in [5, 5.41) is 9.99. The second-order valence-electron chi connectivity index (χ2n) is 4.93. The van der Waals surface area contributed by atoms with Gasteiger partial charge in [0.2, 0.25) is 0 Å². The Hall–Kier alpha value is -1.87. The van der Waals surface area contributed by atoms with E-state index in [-0.39, 0.29) is 0 Å². The van der Waals surface area contributed by atoms with E-state index < -0.39 is 0 Å². The molecule has 1 aliphatic heterocycles. The maximum Gasteiger partial charge on any atom is 0.142 e. The molecule has 0 spiro atoms. The summed E-state index contributed by atoms with van der Waals surface area (Å²) >= 11 is 0. The standard InChI is InChI=1S/C16H17NO2/c1-11-16(18)14-10-19-9-13(14)15(17-11)8-7-12-5-3-2-4-6-12/h2-6,18H,7-10H2,1H3. The van der Waals surface area contributed by atoms with Crippen LogP contribution in [0.4, 0.5) is 0 Å². The molecule has 1 aromatic heterocycles. The molecule has 0 aliphatic carbocycles. The highest BCUT2D eigenvalue weighted by atomic mass is 16.5. The van der Waals surface area contributed by atoms with Gasteiger partial charge in [-0.15, -0.1) is 0 Å². The first kappa shape index (κ1) is 12.2. The molecule has 3 heteroatoms. The second kappa shape index (κ2) is 5.02. The van der Waals surface area contributed by atoms with E-state index in [1.54, 1.807) is 0 Å². The Morgan fingerprint density at radius 2 is 1.84 bits per heavy atom. The lowest BCUT2D eigenvalue weighted by atomic mass is 10.0. The molecule has 98 valence electrons. The number of rotatable bonds is 3. The van der Waals surface area contributed by atoms with E-state index in [1.807, 2.05) is 13.0 Å². The molecule has 2 heterocycles. The smallest absolute Gasteiger partial charge is 0.142 e. The van der Waals surface area contributed by atoms with Crippen molar-refractivity contribution in [1.82, 2.24) is 4.98 Å². The summed E-state index contributed by atoms with van der Waals surface area (Å²) in [6, 6.07) is 10.4. The molecule has 0 unspecified atom stereocenters. The minimum Gasteiger partial charge on any atom is -0.506 e. The van der Waals surface area contributed by atoms with Gasteiger partial charge < -0.3 is 9.84 Å². The van der Waals surface area contributed by atoms with E-state index >= 15 is 0 Å². The number of hydrogen-bond acceptors (Lipinski definition) is 3.